The summed E-state index contributed by atoms with van der Waals surface area (Å²) in [5.41, 5.74) is 0.841. The van der Waals surface area contributed by atoms with Crippen LogP contribution in [0.5, 0.6) is 11.5 Å². The zero-order valence-electron chi connectivity index (χ0n) is 11.9. The molecular weight excluding hydrogens is 280 g/mol. The minimum atomic E-state index is -0.262. The summed E-state index contributed by atoms with van der Waals surface area (Å²) in [6.07, 6.45) is 0. The monoisotopic (exact) mass is 294 g/mol. The van der Waals surface area contributed by atoms with Crippen molar-refractivity contribution >= 4 is 11.6 Å². The molecule has 6 nitrogen and oxygen atoms in total. The molecule has 0 spiro atoms. The van der Waals surface area contributed by atoms with Gasteiger partial charge in [-0.25, -0.2) is 0 Å². The van der Waals surface area contributed by atoms with Gasteiger partial charge in [0.2, 0.25) is 5.95 Å². The topological polar surface area (TPSA) is 79.9 Å². The van der Waals surface area contributed by atoms with Gasteiger partial charge in [0.05, 0.1) is 0 Å². The summed E-state index contributed by atoms with van der Waals surface area (Å²) in [4.78, 5) is 14.1. The summed E-state index contributed by atoms with van der Waals surface area (Å²) in [6, 6.07) is 16.9. The van der Waals surface area contributed by atoms with Crippen LogP contribution >= 0.6 is 0 Å². The molecule has 0 saturated carbocycles. The first-order valence-electron chi connectivity index (χ1n) is 6.74. The standard InChI is InChI=1S/C16H14N4O2/c1-11-15(21)18-16(20-19-11)17-12-7-9-14(10-8-12)22-13-5-3-2-4-6-13/h2-10H,1H3,(H2,17,18,20,21). The second-order valence-corrected chi connectivity index (χ2v) is 4.65. The molecule has 0 bridgehead atoms. The minimum Gasteiger partial charge on any atom is -0.457 e. The van der Waals surface area contributed by atoms with Crippen molar-refractivity contribution in [3.8, 4) is 11.5 Å². The van der Waals surface area contributed by atoms with E-state index in [1.165, 1.54) is 0 Å². The van der Waals surface area contributed by atoms with Crippen LogP contribution in [0.15, 0.2) is 59.4 Å². The highest BCUT2D eigenvalue weighted by Crippen LogP contribution is 2.23. The Labute approximate surface area is 126 Å². The number of anilines is 2. The maximum Gasteiger partial charge on any atom is 0.273 e. The van der Waals surface area contributed by atoms with Crippen LogP contribution in [0.4, 0.5) is 11.6 Å². The molecule has 0 radical (unpaired) electrons. The second kappa shape index (κ2) is 6.09. The molecule has 0 atom stereocenters. The van der Waals surface area contributed by atoms with Crippen molar-refractivity contribution in [2.24, 2.45) is 0 Å². The molecule has 110 valence electrons. The maximum absolute atomic E-state index is 11.5. The highest BCUT2D eigenvalue weighted by atomic mass is 16.5. The third-order valence-corrected chi connectivity index (χ3v) is 2.96. The van der Waals surface area contributed by atoms with Gasteiger partial charge in [0.25, 0.3) is 5.56 Å². The van der Waals surface area contributed by atoms with Gasteiger partial charge in [-0.3, -0.25) is 9.78 Å². The van der Waals surface area contributed by atoms with E-state index in [4.69, 9.17) is 4.74 Å². The predicted molar refractivity (Wildman–Crippen MR) is 83.6 cm³/mol. The van der Waals surface area contributed by atoms with E-state index in [1.807, 2.05) is 54.6 Å². The fourth-order valence-corrected chi connectivity index (χ4v) is 1.82. The average Bonchev–Trinajstić information content (AvgIpc) is 2.54. The van der Waals surface area contributed by atoms with Crippen LogP contribution < -0.4 is 15.6 Å². The molecule has 0 aliphatic carbocycles. The van der Waals surface area contributed by atoms with Crippen LogP contribution in [0.1, 0.15) is 5.69 Å². The number of rotatable bonds is 4. The summed E-state index contributed by atoms with van der Waals surface area (Å²) in [7, 11) is 0. The number of hydrogen-bond acceptors (Lipinski definition) is 5. The number of nitrogens with zero attached hydrogens (tertiary/aromatic N) is 2. The van der Waals surface area contributed by atoms with Crippen LogP contribution in [0.2, 0.25) is 0 Å². The van der Waals surface area contributed by atoms with Gasteiger partial charge < -0.3 is 10.1 Å². The van der Waals surface area contributed by atoms with Gasteiger partial charge in [-0.05, 0) is 43.3 Å². The summed E-state index contributed by atoms with van der Waals surface area (Å²) in [5.74, 6) is 1.80. The molecule has 3 aromatic rings. The lowest BCUT2D eigenvalue weighted by Crippen LogP contribution is -2.15. The lowest BCUT2D eigenvalue weighted by Gasteiger charge is -2.07. The van der Waals surface area contributed by atoms with Gasteiger partial charge in [-0.2, -0.15) is 0 Å². The van der Waals surface area contributed by atoms with E-state index in [0.29, 0.717) is 11.6 Å². The highest BCUT2D eigenvalue weighted by Gasteiger charge is 2.02. The van der Waals surface area contributed by atoms with Crippen molar-refractivity contribution in [2.45, 2.75) is 6.92 Å². The number of para-hydroxylation sites is 1. The zero-order valence-corrected chi connectivity index (χ0v) is 11.9. The normalized spacial score (nSPS) is 10.2. The first kappa shape index (κ1) is 13.8. The van der Waals surface area contributed by atoms with Crippen molar-refractivity contribution in [2.75, 3.05) is 5.32 Å². The molecule has 22 heavy (non-hydrogen) atoms. The third kappa shape index (κ3) is 3.29. The zero-order chi connectivity index (χ0) is 15.4. The van der Waals surface area contributed by atoms with Crippen LogP contribution in [0, 0.1) is 6.92 Å². The molecule has 2 aromatic carbocycles. The molecule has 2 N–H and O–H groups in total. The summed E-state index contributed by atoms with van der Waals surface area (Å²) >= 11 is 0. The highest BCUT2D eigenvalue weighted by molar-refractivity contribution is 5.54. The van der Waals surface area contributed by atoms with E-state index in [0.717, 1.165) is 17.2 Å². The maximum atomic E-state index is 11.5. The quantitative estimate of drug-likeness (QED) is 0.773. The molecule has 1 heterocycles. The third-order valence-electron chi connectivity index (χ3n) is 2.96. The molecule has 0 amide bonds. The Morgan fingerprint density at radius 1 is 0.955 bits per heavy atom. The SMILES string of the molecule is Cc1nnc(Nc2ccc(Oc3ccccc3)cc2)[nH]c1=O. The largest absolute Gasteiger partial charge is 0.457 e. The van der Waals surface area contributed by atoms with E-state index in [-0.39, 0.29) is 5.56 Å². The Kier molecular flexibility index (Phi) is 3.82. The first-order chi connectivity index (χ1) is 10.7. The van der Waals surface area contributed by atoms with E-state index in [2.05, 4.69) is 20.5 Å². The number of aryl methyl sites for hydroxylation is 1. The molecular formula is C16H14N4O2. The number of aromatic nitrogens is 3. The average molecular weight is 294 g/mol. The van der Waals surface area contributed by atoms with Gasteiger partial charge in [0.1, 0.15) is 17.2 Å². The molecule has 0 aliphatic rings. The van der Waals surface area contributed by atoms with Crippen LogP contribution in [-0.2, 0) is 0 Å². The second-order valence-electron chi connectivity index (χ2n) is 4.65. The van der Waals surface area contributed by atoms with Gasteiger partial charge in [0, 0.05) is 5.69 Å². The number of H-pyrrole nitrogens is 1. The summed E-state index contributed by atoms with van der Waals surface area (Å²) in [5, 5.41) is 10.6. The lowest BCUT2D eigenvalue weighted by atomic mass is 10.3. The van der Waals surface area contributed by atoms with Crippen molar-refractivity contribution in [3.63, 3.8) is 0 Å². The Balaban J connectivity index is 1.71. The molecule has 0 saturated heterocycles. The molecule has 0 fully saturated rings. The smallest absolute Gasteiger partial charge is 0.273 e. The van der Waals surface area contributed by atoms with Gasteiger partial charge >= 0.3 is 0 Å². The Bertz CT molecular complexity index is 814. The fourth-order valence-electron chi connectivity index (χ4n) is 1.82. The summed E-state index contributed by atoms with van der Waals surface area (Å²) < 4.78 is 5.70. The number of nitrogens with one attached hydrogen (secondary N) is 2. The molecule has 1 aromatic heterocycles. The number of hydrogen-bond donors (Lipinski definition) is 2. The van der Waals surface area contributed by atoms with Gasteiger partial charge in [-0.15, -0.1) is 10.2 Å². The Hall–Kier alpha value is -3.15. The number of benzene rings is 2. The van der Waals surface area contributed by atoms with E-state index in [1.54, 1.807) is 6.92 Å². The fraction of sp³-hybridized carbons (Fsp3) is 0.0625. The Morgan fingerprint density at radius 2 is 1.64 bits per heavy atom. The Morgan fingerprint density at radius 3 is 2.32 bits per heavy atom. The van der Waals surface area contributed by atoms with E-state index in [9.17, 15) is 4.79 Å². The van der Waals surface area contributed by atoms with Crippen LogP contribution in [0.25, 0.3) is 0 Å². The lowest BCUT2D eigenvalue weighted by molar-refractivity contribution is 0.483. The van der Waals surface area contributed by atoms with Gasteiger partial charge in [0.15, 0.2) is 0 Å². The molecule has 0 aliphatic heterocycles. The molecule has 3 rings (SSSR count). The molecule has 6 heteroatoms. The van der Waals surface area contributed by atoms with Crippen LogP contribution in [-0.4, -0.2) is 15.2 Å². The van der Waals surface area contributed by atoms with Crippen molar-refractivity contribution in [1.82, 2.24) is 15.2 Å². The number of aromatic amines is 1. The van der Waals surface area contributed by atoms with Crippen LogP contribution in [0.3, 0.4) is 0 Å². The summed E-state index contributed by atoms with van der Waals surface area (Å²) in [6.45, 7) is 1.60. The molecule has 0 unspecified atom stereocenters. The first-order valence-corrected chi connectivity index (χ1v) is 6.74. The van der Waals surface area contributed by atoms with E-state index < -0.39 is 0 Å². The van der Waals surface area contributed by atoms with Crippen molar-refractivity contribution < 1.29 is 4.74 Å². The van der Waals surface area contributed by atoms with Crippen molar-refractivity contribution in [1.29, 1.82) is 0 Å². The predicted octanol–water partition coefficient (Wildman–Crippen LogP) is 3.01. The van der Waals surface area contributed by atoms with E-state index >= 15 is 0 Å². The van der Waals surface area contributed by atoms with Gasteiger partial charge in [-0.1, -0.05) is 18.2 Å². The minimum absolute atomic E-state index is 0.262. The van der Waals surface area contributed by atoms with Crippen molar-refractivity contribution in [3.05, 3.63) is 70.6 Å². The number of ether oxygens (including phenoxy) is 1.